The van der Waals surface area contributed by atoms with Crippen LogP contribution < -0.4 is 0 Å². The third kappa shape index (κ3) is 2.73. The summed E-state index contributed by atoms with van der Waals surface area (Å²) in [7, 11) is 0. The predicted molar refractivity (Wildman–Crippen MR) is 55.1 cm³/mol. The molecule has 1 aromatic carbocycles. The van der Waals surface area contributed by atoms with Gasteiger partial charge >= 0.3 is 0 Å². The highest BCUT2D eigenvalue weighted by atomic mass is 16.5. The van der Waals surface area contributed by atoms with Crippen molar-refractivity contribution in [3.8, 4) is 0 Å². The molecule has 1 aliphatic heterocycles. The number of rotatable bonds is 3. The Bertz CT molecular complexity index is 254. The van der Waals surface area contributed by atoms with E-state index < -0.39 is 0 Å². The van der Waals surface area contributed by atoms with E-state index >= 15 is 0 Å². The van der Waals surface area contributed by atoms with Crippen molar-refractivity contribution in [3.63, 3.8) is 0 Å². The molecule has 0 saturated carbocycles. The zero-order valence-electron chi connectivity index (χ0n) is 8.33. The van der Waals surface area contributed by atoms with Crippen LogP contribution in [0, 0.1) is 12.1 Å². The summed E-state index contributed by atoms with van der Waals surface area (Å²) in [5.74, 6) is 0. The highest BCUT2D eigenvalue weighted by molar-refractivity contribution is 5.10. The molecule has 0 N–H and O–H groups in total. The van der Waals surface area contributed by atoms with Gasteiger partial charge in [-0.2, -0.15) is 0 Å². The van der Waals surface area contributed by atoms with Gasteiger partial charge in [-0.3, -0.25) is 4.90 Å². The van der Waals surface area contributed by atoms with Crippen LogP contribution in [0.4, 0.5) is 0 Å². The molecule has 0 aliphatic carbocycles. The molecule has 2 heteroatoms. The Balaban J connectivity index is 1.76. The predicted octanol–water partition coefficient (Wildman–Crippen LogP) is 1.16. The molecule has 1 aliphatic rings. The van der Waals surface area contributed by atoms with Crippen LogP contribution in [0.2, 0.25) is 0 Å². The highest BCUT2D eigenvalue weighted by Crippen LogP contribution is 2.01. The van der Waals surface area contributed by atoms with E-state index in [-0.39, 0.29) is 0 Å². The van der Waals surface area contributed by atoms with Crippen molar-refractivity contribution in [1.82, 2.24) is 4.90 Å². The average Bonchev–Trinajstić information content (AvgIpc) is 2.29. The quantitative estimate of drug-likeness (QED) is 0.707. The Morgan fingerprint density at radius 2 is 2.14 bits per heavy atom. The minimum Gasteiger partial charge on any atom is -0.379 e. The van der Waals surface area contributed by atoms with Gasteiger partial charge in [0.2, 0.25) is 0 Å². The number of hydrogen-bond acceptors (Lipinski definition) is 2. The Kier molecular flexibility index (Phi) is 3.39. The van der Waals surface area contributed by atoms with Gasteiger partial charge in [0, 0.05) is 19.6 Å². The van der Waals surface area contributed by atoms with E-state index in [2.05, 4.69) is 23.1 Å². The van der Waals surface area contributed by atoms with Gasteiger partial charge in [0.25, 0.3) is 0 Å². The Morgan fingerprint density at radius 3 is 2.86 bits per heavy atom. The molecular weight excluding hydrogens is 174 g/mol. The van der Waals surface area contributed by atoms with E-state index in [0.717, 1.165) is 39.3 Å². The topological polar surface area (TPSA) is 12.5 Å². The maximum absolute atomic E-state index is 5.30. The van der Waals surface area contributed by atoms with Gasteiger partial charge in [-0.15, -0.1) is 0 Å². The summed E-state index contributed by atoms with van der Waals surface area (Å²) in [6.45, 7) is 5.04. The van der Waals surface area contributed by atoms with Crippen LogP contribution in [0.5, 0.6) is 0 Å². The van der Waals surface area contributed by atoms with E-state index in [0.29, 0.717) is 0 Å². The summed E-state index contributed by atoms with van der Waals surface area (Å²) in [5.41, 5.74) is 1.34. The fourth-order valence-corrected chi connectivity index (χ4v) is 1.65. The highest BCUT2D eigenvalue weighted by Gasteiger charge is 2.09. The van der Waals surface area contributed by atoms with Gasteiger partial charge in [-0.25, -0.2) is 0 Å². The Morgan fingerprint density at radius 1 is 1.29 bits per heavy atom. The summed E-state index contributed by atoms with van der Waals surface area (Å²) >= 11 is 0. The second-order valence-electron chi connectivity index (χ2n) is 3.55. The van der Waals surface area contributed by atoms with E-state index in [9.17, 15) is 0 Å². The maximum atomic E-state index is 5.30. The van der Waals surface area contributed by atoms with E-state index in [1.807, 2.05) is 12.1 Å². The molecule has 0 bridgehead atoms. The molecule has 1 fully saturated rings. The maximum Gasteiger partial charge on any atom is 0.0594 e. The molecule has 0 unspecified atom stereocenters. The van der Waals surface area contributed by atoms with Gasteiger partial charge in [-0.1, -0.05) is 12.1 Å². The second-order valence-corrected chi connectivity index (χ2v) is 3.55. The van der Waals surface area contributed by atoms with Gasteiger partial charge in [0.1, 0.15) is 0 Å². The third-order valence-corrected chi connectivity index (χ3v) is 2.54. The fraction of sp³-hybridized carbons (Fsp3) is 0.500. The van der Waals surface area contributed by atoms with Crippen molar-refractivity contribution in [2.75, 3.05) is 32.8 Å². The van der Waals surface area contributed by atoms with Crippen LogP contribution in [0.1, 0.15) is 5.56 Å². The first-order valence-corrected chi connectivity index (χ1v) is 5.12. The molecule has 1 aromatic rings. The van der Waals surface area contributed by atoms with Crippen LogP contribution in [0.15, 0.2) is 18.2 Å². The van der Waals surface area contributed by atoms with Crippen molar-refractivity contribution in [1.29, 1.82) is 0 Å². The smallest absolute Gasteiger partial charge is 0.0594 e. The van der Waals surface area contributed by atoms with Crippen molar-refractivity contribution >= 4 is 0 Å². The monoisotopic (exact) mass is 189 g/mol. The second kappa shape index (κ2) is 4.99. The Labute approximate surface area is 85.5 Å². The lowest BCUT2D eigenvalue weighted by molar-refractivity contribution is 0.0384. The van der Waals surface area contributed by atoms with Crippen LogP contribution >= 0.6 is 0 Å². The van der Waals surface area contributed by atoms with Gasteiger partial charge < -0.3 is 4.74 Å². The molecule has 1 heterocycles. The SMILES string of the molecule is c1ccc(CCN2CCOCC2)cc#1. The largest absolute Gasteiger partial charge is 0.379 e. The lowest BCUT2D eigenvalue weighted by Gasteiger charge is -2.26. The first kappa shape index (κ1) is 9.51. The first-order chi connectivity index (χ1) is 6.95. The molecular formula is C12H15NO. The number of hydrogen-bond donors (Lipinski definition) is 0. The van der Waals surface area contributed by atoms with E-state index in [1.165, 1.54) is 5.56 Å². The summed E-state index contributed by atoms with van der Waals surface area (Å²) in [6.07, 6.45) is 1.10. The zero-order valence-corrected chi connectivity index (χ0v) is 8.33. The van der Waals surface area contributed by atoms with Crippen LogP contribution in [-0.4, -0.2) is 37.7 Å². The zero-order chi connectivity index (χ0) is 9.64. The molecule has 2 nitrogen and oxygen atoms in total. The van der Waals surface area contributed by atoms with Gasteiger partial charge in [-0.05, 0) is 30.2 Å². The van der Waals surface area contributed by atoms with Crippen LogP contribution in [0.3, 0.4) is 0 Å². The minimum atomic E-state index is 0.884. The van der Waals surface area contributed by atoms with Gasteiger partial charge in [0.15, 0.2) is 0 Å². The molecule has 2 rings (SSSR count). The molecule has 74 valence electrons. The van der Waals surface area contributed by atoms with Crippen molar-refractivity contribution in [2.24, 2.45) is 0 Å². The summed E-state index contributed by atoms with van der Waals surface area (Å²) in [4.78, 5) is 2.44. The van der Waals surface area contributed by atoms with Crippen LogP contribution in [-0.2, 0) is 11.2 Å². The van der Waals surface area contributed by atoms with Crippen molar-refractivity contribution in [2.45, 2.75) is 6.42 Å². The van der Waals surface area contributed by atoms with Gasteiger partial charge in [0.05, 0.1) is 13.2 Å². The minimum absolute atomic E-state index is 0.884. The molecule has 0 spiro atoms. The van der Waals surface area contributed by atoms with E-state index in [1.54, 1.807) is 0 Å². The first-order valence-electron chi connectivity index (χ1n) is 5.12. The van der Waals surface area contributed by atoms with Crippen molar-refractivity contribution < 1.29 is 4.74 Å². The Hall–Kier alpha value is -1.04. The van der Waals surface area contributed by atoms with Crippen LogP contribution in [0.25, 0.3) is 0 Å². The molecule has 0 radical (unpaired) electrons. The number of morpholine rings is 1. The third-order valence-electron chi connectivity index (χ3n) is 2.54. The normalized spacial score (nSPS) is 17.7. The summed E-state index contributed by atoms with van der Waals surface area (Å²) < 4.78 is 5.30. The molecule has 0 aromatic heterocycles. The molecule has 14 heavy (non-hydrogen) atoms. The number of ether oxygens (including phenoxy) is 1. The van der Waals surface area contributed by atoms with E-state index in [4.69, 9.17) is 4.74 Å². The lowest BCUT2D eigenvalue weighted by atomic mass is 10.2. The lowest BCUT2D eigenvalue weighted by Crippen LogP contribution is -2.37. The fourth-order valence-electron chi connectivity index (χ4n) is 1.65. The summed E-state index contributed by atoms with van der Waals surface area (Å²) in [5, 5.41) is 0. The molecule has 0 atom stereocenters. The molecule has 0 amide bonds. The summed E-state index contributed by atoms with van der Waals surface area (Å²) in [6, 6.07) is 11.9. The number of nitrogens with zero attached hydrogens (tertiary/aromatic N) is 1. The van der Waals surface area contributed by atoms with Crippen molar-refractivity contribution in [3.05, 3.63) is 35.9 Å². The standard InChI is InChI=1S/C12H15NO/c1-2-4-12(5-3-1)6-7-13-8-10-14-11-9-13/h2,4-5H,6-11H2. The average molecular weight is 189 g/mol. The molecule has 1 saturated heterocycles.